The highest BCUT2D eigenvalue weighted by molar-refractivity contribution is 5.11. The van der Waals surface area contributed by atoms with Gasteiger partial charge >= 0.3 is 0 Å². The van der Waals surface area contributed by atoms with Gasteiger partial charge in [0.1, 0.15) is 5.82 Å². The van der Waals surface area contributed by atoms with Crippen LogP contribution >= 0.6 is 0 Å². The van der Waals surface area contributed by atoms with Gasteiger partial charge in [-0.15, -0.1) is 10.2 Å². The van der Waals surface area contributed by atoms with Crippen LogP contribution in [0.15, 0.2) is 0 Å². The predicted octanol–water partition coefficient (Wildman–Crippen LogP) is 1.21. The highest BCUT2D eigenvalue weighted by atomic mass is 15.3. The van der Waals surface area contributed by atoms with E-state index < -0.39 is 0 Å². The van der Waals surface area contributed by atoms with Crippen LogP contribution in [-0.2, 0) is 18.5 Å². The number of hydrogen-bond acceptors (Lipinski definition) is 3. The van der Waals surface area contributed by atoms with Crippen molar-refractivity contribution in [2.45, 2.75) is 51.1 Å². The first kappa shape index (κ1) is 9.33. The Morgan fingerprint density at radius 3 is 3.00 bits per heavy atom. The van der Waals surface area contributed by atoms with Gasteiger partial charge in [-0.25, -0.2) is 0 Å². The van der Waals surface area contributed by atoms with E-state index >= 15 is 0 Å². The molecule has 2 aliphatic rings. The highest BCUT2D eigenvalue weighted by Crippen LogP contribution is 2.30. The number of aryl methyl sites for hydroxylation is 1. The first-order chi connectivity index (χ1) is 7.30. The van der Waals surface area contributed by atoms with Crippen LogP contribution in [0.4, 0.5) is 0 Å². The predicted molar refractivity (Wildman–Crippen MR) is 57.5 cm³/mol. The Morgan fingerprint density at radius 1 is 1.27 bits per heavy atom. The molecule has 0 amide bonds. The van der Waals surface area contributed by atoms with Gasteiger partial charge in [0.25, 0.3) is 0 Å². The molecule has 1 aromatic heterocycles. The topological polar surface area (TPSA) is 42.7 Å². The van der Waals surface area contributed by atoms with Crippen molar-refractivity contribution < 1.29 is 0 Å². The Kier molecular flexibility index (Phi) is 2.06. The van der Waals surface area contributed by atoms with Crippen molar-refractivity contribution in [3.63, 3.8) is 0 Å². The average molecular weight is 206 g/mol. The van der Waals surface area contributed by atoms with E-state index in [4.69, 9.17) is 0 Å². The van der Waals surface area contributed by atoms with Crippen molar-refractivity contribution in [2.24, 2.45) is 0 Å². The lowest BCUT2D eigenvalue weighted by molar-refractivity contribution is 0.372. The van der Waals surface area contributed by atoms with Gasteiger partial charge in [0.05, 0.1) is 5.54 Å². The summed E-state index contributed by atoms with van der Waals surface area (Å²) in [5, 5.41) is 12.3. The van der Waals surface area contributed by atoms with Crippen LogP contribution in [0.5, 0.6) is 0 Å². The SMILES string of the molecule is CC1(c2nnc3n2CCCC3)CCCN1. The second-order valence-corrected chi connectivity index (χ2v) is 4.91. The van der Waals surface area contributed by atoms with Gasteiger partial charge in [0.2, 0.25) is 0 Å². The summed E-state index contributed by atoms with van der Waals surface area (Å²) < 4.78 is 2.34. The Bertz CT molecular complexity index is 363. The van der Waals surface area contributed by atoms with Crippen LogP contribution in [0, 0.1) is 0 Å². The molecule has 1 fully saturated rings. The summed E-state index contributed by atoms with van der Waals surface area (Å²) >= 11 is 0. The molecule has 4 nitrogen and oxygen atoms in total. The zero-order valence-corrected chi connectivity index (χ0v) is 9.29. The second kappa shape index (κ2) is 3.30. The molecule has 1 unspecified atom stereocenters. The summed E-state index contributed by atoms with van der Waals surface area (Å²) in [5.74, 6) is 2.35. The Morgan fingerprint density at radius 2 is 2.20 bits per heavy atom. The Hall–Kier alpha value is -0.900. The smallest absolute Gasteiger partial charge is 0.153 e. The molecule has 0 aromatic carbocycles. The monoisotopic (exact) mass is 206 g/mol. The minimum Gasteiger partial charge on any atom is -0.313 e. The maximum atomic E-state index is 4.40. The molecule has 15 heavy (non-hydrogen) atoms. The van der Waals surface area contributed by atoms with Gasteiger partial charge in [0, 0.05) is 13.0 Å². The lowest BCUT2D eigenvalue weighted by atomic mass is 9.99. The van der Waals surface area contributed by atoms with Gasteiger partial charge in [-0.2, -0.15) is 0 Å². The molecule has 1 N–H and O–H groups in total. The fourth-order valence-electron chi connectivity index (χ4n) is 2.80. The van der Waals surface area contributed by atoms with E-state index in [1.165, 1.54) is 31.5 Å². The van der Waals surface area contributed by atoms with Crippen molar-refractivity contribution in [2.75, 3.05) is 6.54 Å². The molecule has 0 bridgehead atoms. The lowest BCUT2D eigenvalue weighted by Gasteiger charge is -2.25. The maximum absolute atomic E-state index is 4.40. The number of aromatic nitrogens is 3. The van der Waals surface area contributed by atoms with Crippen molar-refractivity contribution in [3.8, 4) is 0 Å². The minimum absolute atomic E-state index is 0.0720. The third kappa shape index (κ3) is 1.39. The zero-order valence-electron chi connectivity index (χ0n) is 9.29. The van der Waals surface area contributed by atoms with E-state index in [1.807, 2.05) is 0 Å². The van der Waals surface area contributed by atoms with Crippen LogP contribution in [-0.4, -0.2) is 21.3 Å². The summed E-state index contributed by atoms with van der Waals surface area (Å²) in [4.78, 5) is 0. The van der Waals surface area contributed by atoms with Crippen molar-refractivity contribution in [1.82, 2.24) is 20.1 Å². The van der Waals surface area contributed by atoms with Gasteiger partial charge in [-0.3, -0.25) is 0 Å². The first-order valence-corrected chi connectivity index (χ1v) is 5.97. The fourth-order valence-corrected chi connectivity index (χ4v) is 2.80. The largest absolute Gasteiger partial charge is 0.313 e. The molecule has 2 aliphatic heterocycles. The minimum atomic E-state index is 0.0720. The Labute approximate surface area is 90.1 Å². The molecular weight excluding hydrogens is 188 g/mol. The van der Waals surface area contributed by atoms with E-state index in [2.05, 4.69) is 27.0 Å². The lowest BCUT2D eigenvalue weighted by Crippen LogP contribution is -2.37. The van der Waals surface area contributed by atoms with Crippen LogP contribution < -0.4 is 5.32 Å². The van der Waals surface area contributed by atoms with Crippen LogP contribution in [0.3, 0.4) is 0 Å². The molecule has 0 radical (unpaired) electrons. The molecule has 3 heterocycles. The van der Waals surface area contributed by atoms with Crippen molar-refractivity contribution >= 4 is 0 Å². The van der Waals surface area contributed by atoms with Crippen molar-refractivity contribution in [3.05, 3.63) is 11.6 Å². The number of fused-ring (bicyclic) bond motifs is 1. The number of rotatable bonds is 1. The number of hydrogen-bond donors (Lipinski definition) is 1. The van der Waals surface area contributed by atoms with Gasteiger partial charge in [-0.1, -0.05) is 0 Å². The third-order valence-electron chi connectivity index (χ3n) is 3.72. The van der Waals surface area contributed by atoms with Crippen LogP contribution in [0.25, 0.3) is 0 Å². The maximum Gasteiger partial charge on any atom is 0.153 e. The molecule has 82 valence electrons. The van der Waals surface area contributed by atoms with E-state index in [-0.39, 0.29) is 5.54 Å². The first-order valence-electron chi connectivity index (χ1n) is 5.97. The second-order valence-electron chi connectivity index (χ2n) is 4.91. The molecular formula is C11H18N4. The Balaban J connectivity index is 2.00. The summed E-state index contributed by atoms with van der Waals surface area (Å²) in [5.41, 5.74) is 0.0720. The molecule has 1 aromatic rings. The third-order valence-corrected chi connectivity index (χ3v) is 3.72. The standard InChI is InChI=1S/C11H18N4/c1-11(6-4-7-12-11)10-14-13-9-5-2-3-8-15(9)10/h12H,2-8H2,1H3. The zero-order chi connectivity index (χ0) is 10.3. The normalized spacial score (nSPS) is 30.5. The quantitative estimate of drug-likeness (QED) is 0.751. The summed E-state index contributed by atoms with van der Waals surface area (Å²) in [6.07, 6.45) is 6.07. The molecule has 4 heteroatoms. The van der Waals surface area contributed by atoms with Gasteiger partial charge < -0.3 is 9.88 Å². The van der Waals surface area contributed by atoms with Gasteiger partial charge in [-0.05, 0) is 39.2 Å². The summed E-state index contributed by atoms with van der Waals surface area (Å²) in [7, 11) is 0. The molecule has 1 saturated heterocycles. The molecule has 0 saturated carbocycles. The summed E-state index contributed by atoms with van der Waals surface area (Å²) in [6.45, 7) is 4.47. The molecule has 1 atom stereocenters. The number of nitrogens with one attached hydrogen (secondary N) is 1. The van der Waals surface area contributed by atoms with Crippen molar-refractivity contribution in [1.29, 1.82) is 0 Å². The van der Waals surface area contributed by atoms with Crippen LogP contribution in [0.2, 0.25) is 0 Å². The number of nitrogens with zero attached hydrogens (tertiary/aromatic N) is 3. The van der Waals surface area contributed by atoms with E-state index in [9.17, 15) is 0 Å². The molecule has 3 rings (SSSR count). The fraction of sp³-hybridized carbons (Fsp3) is 0.818. The highest BCUT2D eigenvalue weighted by Gasteiger charge is 2.36. The van der Waals surface area contributed by atoms with E-state index in [0.29, 0.717) is 0 Å². The van der Waals surface area contributed by atoms with E-state index in [0.717, 1.165) is 25.3 Å². The molecule has 0 spiro atoms. The van der Waals surface area contributed by atoms with Crippen LogP contribution in [0.1, 0.15) is 44.3 Å². The summed E-state index contributed by atoms with van der Waals surface area (Å²) in [6, 6.07) is 0. The molecule has 0 aliphatic carbocycles. The van der Waals surface area contributed by atoms with Gasteiger partial charge in [0.15, 0.2) is 5.82 Å². The van der Waals surface area contributed by atoms with E-state index in [1.54, 1.807) is 0 Å². The average Bonchev–Trinajstić information content (AvgIpc) is 2.84.